The molecule has 2 saturated heterocycles. The number of hydrogen-bond acceptors (Lipinski definition) is 6. The van der Waals surface area contributed by atoms with Crippen molar-refractivity contribution in [1.82, 2.24) is 0 Å². The molecule has 0 spiro atoms. The fourth-order valence-corrected chi connectivity index (χ4v) is 6.89. The third-order valence-electron chi connectivity index (χ3n) is 8.94. The highest BCUT2D eigenvalue weighted by Crippen LogP contribution is 2.52. The third-order valence-corrected chi connectivity index (χ3v) is 8.94. The molecule has 2 fully saturated rings. The maximum atomic E-state index is 13.9. The van der Waals surface area contributed by atoms with Crippen LogP contribution in [0.4, 0.5) is 32.0 Å². The number of carbonyl (C=O) groups excluding carboxylic acids is 2. The number of para-hydroxylation sites is 1. The zero-order valence-corrected chi connectivity index (χ0v) is 25.0. The predicted molar refractivity (Wildman–Crippen MR) is 156 cm³/mol. The molecule has 0 aromatic heterocycles. The standard InChI is InChI=1S/C32H32BF6NO6/c1-3-17(10-18-6-4-5-7-25(18)41)8-9-26-27-19(16-45-2)11-23-28(24(27)15-33(44)46-26)30(43)40(29(23)42)22-13-20(31(34,35)36)12-21(14-22)32(37,38)39/h4-7,10,12-14,23-24,26,28,41,44H,3,8-9,11,15-16H2,1-2H3/b17-10+/t23-,24+,26-,28-/m1/s1. The Morgan fingerprint density at radius 2 is 1.70 bits per heavy atom. The van der Waals surface area contributed by atoms with E-state index in [1.54, 1.807) is 24.3 Å². The first-order valence-corrected chi connectivity index (χ1v) is 14.8. The Bertz CT molecular complexity index is 1540. The van der Waals surface area contributed by atoms with Gasteiger partial charge in [0.05, 0.1) is 41.4 Å². The van der Waals surface area contributed by atoms with E-state index in [0.717, 1.165) is 5.57 Å². The summed E-state index contributed by atoms with van der Waals surface area (Å²) >= 11 is 0. The van der Waals surface area contributed by atoms with Crippen molar-refractivity contribution in [3.63, 3.8) is 0 Å². The summed E-state index contributed by atoms with van der Waals surface area (Å²) in [6, 6.07) is 7.51. The van der Waals surface area contributed by atoms with Gasteiger partial charge in [0, 0.05) is 12.7 Å². The van der Waals surface area contributed by atoms with Gasteiger partial charge in [0.2, 0.25) is 11.8 Å². The second-order valence-electron chi connectivity index (χ2n) is 11.8. The fraction of sp³-hybridized carbons (Fsp3) is 0.438. The highest BCUT2D eigenvalue weighted by molar-refractivity contribution is 6.43. The molecule has 0 unspecified atom stereocenters. The van der Waals surface area contributed by atoms with Gasteiger partial charge >= 0.3 is 19.5 Å². The van der Waals surface area contributed by atoms with Crippen molar-refractivity contribution < 1.29 is 55.5 Å². The van der Waals surface area contributed by atoms with E-state index in [4.69, 9.17) is 9.39 Å². The SMILES string of the molecule is CC/C(=C\c1ccccc1O)CC[C@H]1OB(O)C[C@H]2C1=C(COC)C[C@H]1C(=O)N(c3cc(C(F)(F)F)cc(C(F)(F)F)c3)C(=O)[C@H]12. The Kier molecular flexibility index (Phi) is 9.45. The Morgan fingerprint density at radius 3 is 2.28 bits per heavy atom. The van der Waals surface area contributed by atoms with Crippen molar-refractivity contribution in [2.45, 2.75) is 57.4 Å². The van der Waals surface area contributed by atoms with Crippen LogP contribution in [0.5, 0.6) is 5.75 Å². The average molecular weight is 651 g/mol. The Balaban J connectivity index is 1.49. The Morgan fingerprint density at radius 1 is 1.04 bits per heavy atom. The number of alkyl halides is 6. The number of hydrogen-bond donors (Lipinski definition) is 2. The molecule has 2 aliphatic heterocycles. The summed E-state index contributed by atoms with van der Waals surface area (Å²) in [5.74, 6) is -4.70. The van der Waals surface area contributed by atoms with E-state index in [1.165, 1.54) is 7.11 Å². The number of nitrogens with zero attached hydrogens (tertiary/aromatic N) is 1. The van der Waals surface area contributed by atoms with Crippen molar-refractivity contribution >= 4 is 30.7 Å². The molecule has 246 valence electrons. The number of phenols is 1. The van der Waals surface area contributed by atoms with E-state index in [0.29, 0.717) is 53.0 Å². The number of aromatic hydroxyl groups is 1. The minimum absolute atomic E-state index is 0.0131. The van der Waals surface area contributed by atoms with E-state index >= 15 is 0 Å². The molecule has 5 rings (SSSR count). The van der Waals surface area contributed by atoms with Crippen LogP contribution in [0.2, 0.25) is 6.32 Å². The molecule has 0 radical (unpaired) electrons. The van der Waals surface area contributed by atoms with Gasteiger partial charge in [0.25, 0.3) is 0 Å². The average Bonchev–Trinajstić information content (AvgIpc) is 3.23. The molecule has 4 atom stereocenters. The van der Waals surface area contributed by atoms with Crippen LogP contribution in [0.25, 0.3) is 6.08 Å². The monoisotopic (exact) mass is 651 g/mol. The lowest BCUT2D eigenvalue weighted by Gasteiger charge is -2.43. The molecule has 2 heterocycles. The third kappa shape index (κ3) is 6.61. The van der Waals surface area contributed by atoms with Gasteiger partial charge < -0.3 is 19.5 Å². The predicted octanol–water partition coefficient (Wildman–Crippen LogP) is 6.65. The van der Waals surface area contributed by atoms with Crippen LogP contribution in [0.1, 0.15) is 49.3 Å². The minimum Gasteiger partial charge on any atom is -0.507 e. The summed E-state index contributed by atoms with van der Waals surface area (Å²) < 4.78 is 93.0. The quantitative estimate of drug-likeness (QED) is 0.144. The normalized spacial score (nSPS) is 24.1. The summed E-state index contributed by atoms with van der Waals surface area (Å²) in [4.78, 5) is 28.0. The van der Waals surface area contributed by atoms with Gasteiger partial charge in [0.1, 0.15) is 5.75 Å². The van der Waals surface area contributed by atoms with Gasteiger partial charge in [-0.3, -0.25) is 9.59 Å². The first-order chi connectivity index (χ1) is 21.6. The number of halogens is 6. The minimum atomic E-state index is -5.17. The Labute approximate surface area is 261 Å². The lowest BCUT2D eigenvalue weighted by atomic mass is 9.58. The van der Waals surface area contributed by atoms with Gasteiger partial charge in [-0.05, 0) is 73.3 Å². The van der Waals surface area contributed by atoms with Crippen LogP contribution < -0.4 is 4.90 Å². The number of anilines is 1. The number of carbonyl (C=O) groups is 2. The number of allylic oxidation sites excluding steroid dienone is 1. The van der Waals surface area contributed by atoms with Crippen molar-refractivity contribution in [1.29, 1.82) is 0 Å². The molecule has 14 heteroatoms. The van der Waals surface area contributed by atoms with Gasteiger partial charge in [0.15, 0.2) is 0 Å². The molecule has 2 aromatic carbocycles. The first-order valence-electron chi connectivity index (χ1n) is 14.8. The van der Waals surface area contributed by atoms with Crippen LogP contribution in [0.3, 0.4) is 0 Å². The lowest BCUT2D eigenvalue weighted by Crippen LogP contribution is -2.46. The number of rotatable bonds is 8. The van der Waals surface area contributed by atoms with Gasteiger partial charge in [-0.25, -0.2) is 4.90 Å². The summed E-state index contributed by atoms with van der Waals surface area (Å²) in [5.41, 5.74) is -1.22. The van der Waals surface area contributed by atoms with Crippen LogP contribution in [0.15, 0.2) is 59.2 Å². The number of methoxy groups -OCH3 is 1. The van der Waals surface area contributed by atoms with Crippen molar-refractivity contribution in [2.24, 2.45) is 17.8 Å². The molecule has 0 saturated carbocycles. The number of amides is 2. The fourth-order valence-electron chi connectivity index (χ4n) is 6.89. The molecule has 46 heavy (non-hydrogen) atoms. The first kappa shape index (κ1) is 33.7. The van der Waals surface area contributed by atoms with E-state index in [1.807, 2.05) is 13.0 Å². The number of ether oxygens (including phenoxy) is 1. The molecular weight excluding hydrogens is 619 g/mol. The molecule has 1 aliphatic carbocycles. The van der Waals surface area contributed by atoms with Crippen LogP contribution in [0, 0.1) is 17.8 Å². The largest absolute Gasteiger partial charge is 0.507 e. The van der Waals surface area contributed by atoms with E-state index in [2.05, 4.69) is 0 Å². The molecule has 2 amide bonds. The maximum absolute atomic E-state index is 13.9. The van der Waals surface area contributed by atoms with Crippen molar-refractivity contribution in [2.75, 3.05) is 18.6 Å². The highest BCUT2D eigenvalue weighted by atomic mass is 19.4. The van der Waals surface area contributed by atoms with E-state index in [-0.39, 0.29) is 31.2 Å². The Hall–Kier alpha value is -3.62. The molecule has 0 bridgehead atoms. The molecule has 7 nitrogen and oxygen atoms in total. The maximum Gasteiger partial charge on any atom is 0.455 e. The zero-order chi connectivity index (χ0) is 33.6. The second kappa shape index (κ2) is 12.9. The van der Waals surface area contributed by atoms with Crippen LogP contribution >= 0.6 is 0 Å². The lowest BCUT2D eigenvalue weighted by molar-refractivity contribution is -0.143. The number of imide groups is 1. The summed E-state index contributed by atoms with van der Waals surface area (Å²) in [7, 11) is 0.0951. The highest BCUT2D eigenvalue weighted by Gasteiger charge is 2.58. The van der Waals surface area contributed by atoms with Crippen LogP contribution in [-0.4, -0.2) is 48.9 Å². The van der Waals surface area contributed by atoms with Gasteiger partial charge in [-0.1, -0.05) is 36.8 Å². The van der Waals surface area contributed by atoms with Gasteiger partial charge in [-0.2, -0.15) is 26.3 Å². The second-order valence-corrected chi connectivity index (χ2v) is 11.8. The molecule has 3 aliphatic rings. The van der Waals surface area contributed by atoms with Crippen molar-refractivity contribution in [3.05, 3.63) is 75.9 Å². The number of benzene rings is 2. The molecule has 2 aromatic rings. The van der Waals surface area contributed by atoms with E-state index in [9.17, 15) is 46.1 Å². The summed E-state index contributed by atoms with van der Waals surface area (Å²) in [6.45, 7) is 1.99. The van der Waals surface area contributed by atoms with Gasteiger partial charge in [-0.15, -0.1) is 0 Å². The number of fused-ring (bicyclic) bond motifs is 3. The van der Waals surface area contributed by atoms with E-state index < -0.39 is 72.0 Å². The number of phenolic OH excluding ortho intramolecular Hbond substituents is 1. The zero-order valence-electron chi connectivity index (χ0n) is 25.0. The summed E-state index contributed by atoms with van der Waals surface area (Å²) in [5, 5.41) is 21.0. The summed E-state index contributed by atoms with van der Waals surface area (Å²) in [6.07, 6.45) is -7.82. The topological polar surface area (TPSA) is 96.3 Å². The molecule has 2 N–H and O–H groups in total. The molecular formula is C32H32BF6NO6. The smallest absolute Gasteiger partial charge is 0.455 e. The van der Waals surface area contributed by atoms with Crippen molar-refractivity contribution in [3.8, 4) is 5.75 Å². The van der Waals surface area contributed by atoms with Crippen LogP contribution in [-0.2, 0) is 31.3 Å².